The van der Waals surface area contributed by atoms with Crippen molar-refractivity contribution in [3.05, 3.63) is 106 Å². The van der Waals surface area contributed by atoms with Gasteiger partial charge in [-0.15, -0.1) is 0 Å². The van der Waals surface area contributed by atoms with Gasteiger partial charge < -0.3 is 20.6 Å². The van der Waals surface area contributed by atoms with Gasteiger partial charge in [-0.1, -0.05) is 24.3 Å². The predicted molar refractivity (Wildman–Crippen MR) is 138 cm³/mol. The third-order valence-corrected chi connectivity index (χ3v) is 6.29. The van der Waals surface area contributed by atoms with Gasteiger partial charge in [0.2, 0.25) is 11.8 Å². The molecule has 0 aliphatic carbocycles. The van der Waals surface area contributed by atoms with E-state index in [2.05, 4.69) is 15.3 Å². The largest absolute Gasteiger partial charge is 0.504 e. The van der Waals surface area contributed by atoms with Crippen molar-refractivity contribution in [2.45, 2.75) is 18.8 Å². The van der Waals surface area contributed by atoms with Crippen molar-refractivity contribution in [3.8, 4) is 17.4 Å². The maximum absolute atomic E-state index is 13.4. The molecular weight excluding hydrogens is 472 g/mol. The van der Waals surface area contributed by atoms with E-state index in [1.165, 1.54) is 16.5 Å². The summed E-state index contributed by atoms with van der Waals surface area (Å²) in [7, 11) is 0. The maximum atomic E-state index is 13.4. The molecule has 2 aromatic carbocycles. The highest BCUT2D eigenvalue weighted by molar-refractivity contribution is 5.81. The number of carbonyl (C=O) groups excluding carboxylic acids is 1. The molecule has 0 aliphatic heterocycles. The topological polar surface area (TPSA) is 137 Å². The molecule has 3 aromatic heterocycles. The van der Waals surface area contributed by atoms with Crippen molar-refractivity contribution < 1.29 is 20.1 Å². The van der Waals surface area contributed by atoms with Crippen LogP contribution in [-0.2, 0) is 11.2 Å². The molecule has 0 bridgehead atoms. The lowest BCUT2D eigenvalue weighted by Gasteiger charge is -2.19. The summed E-state index contributed by atoms with van der Waals surface area (Å²) in [6.07, 6.45) is 3.58. The highest BCUT2D eigenvalue weighted by atomic mass is 16.3. The molecule has 9 heteroatoms. The molecule has 1 amide bonds. The Labute approximate surface area is 211 Å². The molecule has 4 N–H and O–H groups in total. The van der Waals surface area contributed by atoms with Crippen LogP contribution < -0.4 is 10.9 Å². The van der Waals surface area contributed by atoms with Crippen LogP contribution >= 0.6 is 0 Å². The van der Waals surface area contributed by atoms with Crippen LogP contribution in [0.4, 0.5) is 0 Å². The third-order valence-electron chi connectivity index (χ3n) is 6.29. The Morgan fingerprint density at radius 2 is 1.84 bits per heavy atom. The number of amides is 1. The molecule has 3 heterocycles. The minimum atomic E-state index is -0.764. The Morgan fingerprint density at radius 3 is 2.68 bits per heavy atom. The van der Waals surface area contributed by atoms with Crippen LogP contribution in [0.25, 0.3) is 16.6 Å². The van der Waals surface area contributed by atoms with Gasteiger partial charge in [0.15, 0.2) is 11.5 Å². The van der Waals surface area contributed by atoms with E-state index in [4.69, 9.17) is 0 Å². The van der Waals surface area contributed by atoms with Gasteiger partial charge in [0.25, 0.3) is 5.56 Å². The summed E-state index contributed by atoms with van der Waals surface area (Å²) in [6.45, 7) is 0.276. The summed E-state index contributed by atoms with van der Waals surface area (Å²) in [5.41, 5.74) is 2.06. The first kappa shape index (κ1) is 23.8. The zero-order chi connectivity index (χ0) is 25.9. The fourth-order valence-corrected chi connectivity index (χ4v) is 4.42. The number of pyridine rings is 2. The average molecular weight is 497 g/mol. The fourth-order valence-electron chi connectivity index (χ4n) is 4.42. The summed E-state index contributed by atoms with van der Waals surface area (Å²) in [4.78, 5) is 35.0. The molecule has 0 radical (unpaired) electrons. The van der Waals surface area contributed by atoms with Gasteiger partial charge in [-0.05, 0) is 60.0 Å². The second-order valence-corrected chi connectivity index (χ2v) is 8.72. The number of nitrogens with zero attached hydrogens (tertiary/aromatic N) is 3. The highest BCUT2D eigenvalue weighted by Crippen LogP contribution is 2.32. The number of rotatable bonds is 7. The smallest absolute Gasteiger partial charge is 0.265 e. The van der Waals surface area contributed by atoms with E-state index in [1.807, 2.05) is 18.2 Å². The van der Waals surface area contributed by atoms with Crippen molar-refractivity contribution in [1.82, 2.24) is 19.7 Å². The number of phenolic OH excluding ortho intramolecular Hbond substituents is 2. The number of aromatic nitrogens is 3. The van der Waals surface area contributed by atoms with Crippen molar-refractivity contribution in [1.29, 1.82) is 0 Å². The standard InChI is InChI=1S/C28H24N4O5/c33-22-9-6-17(14-23(22)34)10-12-30-25(35)16-20(18-7-8-21-19(15-18)4-3-11-29-21)26-27(36)31-24-5-1-2-13-32(24)28(26)37/h1-9,11,13-15,20,33-34,36H,10,12,16H2,(H,30,35). The first-order valence-corrected chi connectivity index (χ1v) is 11.7. The minimum Gasteiger partial charge on any atom is -0.504 e. The van der Waals surface area contributed by atoms with E-state index < -0.39 is 17.4 Å². The van der Waals surface area contributed by atoms with Crippen LogP contribution in [0.15, 0.2) is 83.9 Å². The number of hydrogen-bond acceptors (Lipinski definition) is 7. The third kappa shape index (κ3) is 4.92. The van der Waals surface area contributed by atoms with E-state index >= 15 is 0 Å². The second kappa shape index (κ2) is 9.98. The molecule has 0 saturated carbocycles. The van der Waals surface area contributed by atoms with E-state index in [0.717, 1.165) is 16.5 Å². The van der Waals surface area contributed by atoms with Crippen molar-refractivity contribution in [2.75, 3.05) is 6.54 Å². The van der Waals surface area contributed by atoms with Gasteiger partial charge in [0.05, 0.1) is 11.1 Å². The number of hydrogen-bond donors (Lipinski definition) is 4. The normalized spacial score (nSPS) is 12.0. The van der Waals surface area contributed by atoms with Crippen LogP contribution in [0.3, 0.4) is 0 Å². The van der Waals surface area contributed by atoms with Gasteiger partial charge in [0.1, 0.15) is 5.65 Å². The van der Waals surface area contributed by atoms with Crippen LogP contribution in [-0.4, -0.2) is 42.1 Å². The Morgan fingerprint density at radius 1 is 0.973 bits per heavy atom. The second-order valence-electron chi connectivity index (χ2n) is 8.72. The first-order chi connectivity index (χ1) is 17.9. The summed E-state index contributed by atoms with van der Waals surface area (Å²) >= 11 is 0. The van der Waals surface area contributed by atoms with Gasteiger partial charge in [-0.2, -0.15) is 4.98 Å². The monoisotopic (exact) mass is 496 g/mol. The van der Waals surface area contributed by atoms with E-state index in [9.17, 15) is 24.9 Å². The molecule has 1 atom stereocenters. The van der Waals surface area contributed by atoms with Crippen LogP contribution in [0.1, 0.15) is 29.0 Å². The van der Waals surface area contributed by atoms with Crippen molar-refractivity contribution >= 4 is 22.5 Å². The Balaban J connectivity index is 1.46. The van der Waals surface area contributed by atoms with Gasteiger partial charge >= 0.3 is 0 Å². The number of fused-ring (bicyclic) bond motifs is 2. The lowest BCUT2D eigenvalue weighted by Crippen LogP contribution is -2.30. The van der Waals surface area contributed by atoms with Gasteiger partial charge in [-0.3, -0.25) is 19.0 Å². The zero-order valence-electron chi connectivity index (χ0n) is 19.7. The quantitative estimate of drug-likeness (QED) is 0.254. The molecule has 5 rings (SSSR count). The van der Waals surface area contributed by atoms with Crippen molar-refractivity contribution in [3.63, 3.8) is 0 Å². The minimum absolute atomic E-state index is 0.0329. The lowest BCUT2D eigenvalue weighted by molar-refractivity contribution is -0.121. The predicted octanol–water partition coefficient (Wildman–Crippen LogP) is 3.24. The zero-order valence-corrected chi connectivity index (χ0v) is 19.7. The molecular formula is C28H24N4O5. The molecule has 1 unspecified atom stereocenters. The molecule has 186 valence electrons. The first-order valence-electron chi connectivity index (χ1n) is 11.7. The van der Waals surface area contributed by atoms with Gasteiger partial charge in [0, 0.05) is 36.7 Å². The molecule has 0 fully saturated rings. The van der Waals surface area contributed by atoms with Crippen LogP contribution in [0, 0.1) is 0 Å². The SMILES string of the molecule is O=C(CC(c1ccc2ncccc2c1)c1c(O)nc2ccccn2c1=O)NCCc1ccc(O)c(O)c1. The van der Waals surface area contributed by atoms with Crippen LogP contribution in [0.5, 0.6) is 17.4 Å². The Bertz CT molecular complexity index is 1680. The van der Waals surface area contributed by atoms with Crippen molar-refractivity contribution in [2.24, 2.45) is 0 Å². The lowest BCUT2D eigenvalue weighted by atomic mass is 9.88. The summed E-state index contributed by atoms with van der Waals surface area (Å²) < 4.78 is 1.35. The highest BCUT2D eigenvalue weighted by Gasteiger charge is 2.26. The number of nitrogens with one attached hydrogen (secondary N) is 1. The molecule has 0 saturated heterocycles. The van der Waals surface area contributed by atoms with E-state index in [-0.39, 0.29) is 35.9 Å². The molecule has 9 nitrogen and oxygen atoms in total. The maximum Gasteiger partial charge on any atom is 0.265 e. The Kier molecular flexibility index (Phi) is 6.42. The molecule has 37 heavy (non-hydrogen) atoms. The molecule has 0 aliphatic rings. The number of aromatic hydroxyl groups is 3. The fraction of sp³-hybridized carbons (Fsp3) is 0.143. The number of phenols is 2. The van der Waals surface area contributed by atoms with E-state index in [1.54, 1.807) is 48.8 Å². The number of benzene rings is 2. The number of carbonyl (C=O) groups is 1. The van der Waals surface area contributed by atoms with Gasteiger partial charge in [-0.25, -0.2) is 0 Å². The summed E-state index contributed by atoms with van der Waals surface area (Å²) in [5, 5.41) is 33.6. The molecule has 0 spiro atoms. The van der Waals surface area contributed by atoms with Crippen LogP contribution in [0.2, 0.25) is 0 Å². The summed E-state index contributed by atoms with van der Waals surface area (Å²) in [6, 6.07) is 18.7. The molecule has 5 aromatic rings. The van der Waals surface area contributed by atoms with E-state index in [0.29, 0.717) is 17.6 Å². The summed E-state index contributed by atoms with van der Waals surface area (Å²) in [5.74, 6) is -1.94. The Hall–Kier alpha value is -4.92. The average Bonchev–Trinajstić information content (AvgIpc) is 2.90.